The van der Waals surface area contributed by atoms with E-state index in [1.54, 1.807) is 25.2 Å². The van der Waals surface area contributed by atoms with Crippen LogP contribution in [-0.2, 0) is 4.79 Å². The second-order valence-corrected chi connectivity index (χ2v) is 4.93. The number of nitrogens with two attached hydrogens (primary N) is 1. The van der Waals surface area contributed by atoms with E-state index in [9.17, 15) is 9.18 Å². The number of carbonyl (C=O) groups excluding carboxylic acids is 1. The largest absolute Gasteiger partial charge is 0.489 e. The van der Waals surface area contributed by atoms with Crippen LogP contribution in [-0.4, -0.2) is 31.0 Å². The van der Waals surface area contributed by atoms with Gasteiger partial charge in [0.15, 0.2) is 11.6 Å². The summed E-state index contributed by atoms with van der Waals surface area (Å²) in [6.45, 7) is 0.526. The molecule has 23 heavy (non-hydrogen) atoms. The van der Waals surface area contributed by atoms with Crippen LogP contribution in [0.2, 0.25) is 0 Å². The monoisotopic (exact) mass is 338 g/mol. The van der Waals surface area contributed by atoms with E-state index in [1.807, 2.05) is 30.3 Å². The molecule has 2 aromatic rings. The number of likely N-dealkylation sites (N-methyl/N-ethyl adjacent to an activating group) is 1. The van der Waals surface area contributed by atoms with Gasteiger partial charge in [0.25, 0.3) is 0 Å². The Labute approximate surface area is 141 Å². The van der Waals surface area contributed by atoms with Crippen molar-refractivity contribution in [3.05, 3.63) is 66.0 Å². The zero-order chi connectivity index (χ0) is 15.9. The zero-order valence-electron chi connectivity index (χ0n) is 12.8. The maximum absolute atomic E-state index is 13.4. The predicted molar refractivity (Wildman–Crippen MR) is 90.2 cm³/mol. The van der Waals surface area contributed by atoms with E-state index in [1.165, 1.54) is 11.0 Å². The molecule has 1 amide bonds. The lowest BCUT2D eigenvalue weighted by atomic mass is 10.1. The van der Waals surface area contributed by atoms with Crippen molar-refractivity contribution in [2.75, 3.05) is 20.2 Å². The third-order valence-corrected chi connectivity index (χ3v) is 3.32. The summed E-state index contributed by atoms with van der Waals surface area (Å²) < 4.78 is 18.7. The molecule has 0 aliphatic carbocycles. The van der Waals surface area contributed by atoms with Gasteiger partial charge in [-0.2, -0.15) is 0 Å². The van der Waals surface area contributed by atoms with Crippen molar-refractivity contribution in [3.8, 4) is 5.75 Å². The average molecular weight is 339 g/mol. The Morgan fingerprint density at radius 2 is 1.78 bits per heavy atom. The Hall–Kier alpha value is -2.11. The number of amides is 1. The number of rotatable bonds is 6. The highest BCUT2D eigenvalue weighted by atomic mass is 35.5. The summed E-state index contributed by atoms with van der Waals surface area (Å²) in [4.78, 5) is 13.7. The average Bonchev–Trinajstić information content (AvgIpc) is 2.56. The van der Waals surface area contributed by atoms with Gasteiger partial charge in [-0.3, -0.25) is 4.79 Å². The van der Waals surface area contributed by atoms with E-state index in [-0.39, 0.29) is 30.7 Å². The third-order valence-electron chi connectivity index (χ3n) is 3.32. The Balaban J connectivity index is 0.00000264. The zero-order valence-corrected chi connectivity index (χ0v) is 13.6. The highest BCUT2D eigenvalue weighted by Crippen LogP contribution is 2.15. The van der Waals surface area contributed by atoms with E-state index in [0.29, 0.717) is 6.54 Å². The molecule has 1 unspecified atom stereocenters. The number of hydrogen-bond acceptors (Lipinski definition) is 3. The van der Waals surface area contributed by atoms with Gasteiger partial charge in [0, 0.05) is 7.05 Å². The highest BCUT2D eigenvalue weighted by Gasteiger charge is 2.19. The fraction of sp³-hybridized carbons (Fsp3) is 0.235. The number of benzene rings is 2. The molecule has 0 aliphatic heterocycles. The molecule has 2 aromatic carbocycles. The molecule has 0 heterocycles. The van der Waals surface area contributed by atoms with E-state index in [2.05, 4.69) is 0 Å². The lowest BCUT2D eigenvalue weighted by Gasteiger charge is -2.21. The van der Waals surface area contributed by atoms with Gasteiger partial charge in [-0.15, -0.1) is 12.4 Å². The van der Waals surface area contributed by atoms with Crippen molar-refractivity contribution in [1.29, 1.82) is 0 Å². The van der Waals surface area contributed by atoms with Crippen molar-refractivity contribution >= 4 is 18.3 Å². The fourth-order valence-electron chi connectivity index (χ4n) is 2.00. The van der Waals surface area contributed by atoms with E-state index in [0.717, 1.165) is 5.56 Å². The van der Waals surface area contributed by atoms with Gasteiger partial charge in [0.2, 0.25) is 5.91 Å². The topological polar surface area (TPSA) is 55.6 Å². The molecule has 0 aromatic heterocycles. The molecule has 0 bridgehead atoms. The van der Waals surface area contributed by atoms with Gasteiger partial charge in [-0.25, -0.2) is 4.39 Å². The SMILES string of the molecule is CN(CCOc1ccccc1F)C(=O)C(N)c1ccccc1.Cl. The molecular formula is C17H20ClFN2O2. The third kappa shape index (κ3) is 5.23. The summed E-state index contributed by atoms with van der Waals surface area (Å²) in [7, 11) is 1.65. The molecule has 2 N–H and O–H groups in total. The number of ether oxygens (including phenoxy) is 1. The van der Waals surface area contributed by atoms with Gasteiger partial charge < -0.3 is 15.4 Å². The second-order valence-electron chi connectivity index (χ2n) is 4.93. The number of para-hydroxylation sites is 1. The van der Waals surface area contributed by atoms with Gasteiger partial charge >= 0.3 is 0 Å². The molecule has 6 heteroatoms. The van der Waals surface area contributed by atoms with Crippen LogP contribution in [0.15, 0.2) is 54.6 Å². The molecule has 1 atom stereocenters. The molecule has 0 radical (unpaired) electrons. The van der Waals surface area contributed by atoms with Crippen LogP contribution in [0.5, 0.6) is 5.75 Å². The Morgan fingerprint density at radius 1 is 1.17 bits per heavy atom. The van der Waals surface area contributed by atoms with Crippen LogP contribution in [0.1, 0.15) is 11.6 Å². The van der Waals surface area contributed by atoms with E-state index in [4.69, 9.17) is 10.5 Å². The van der Waals surface area contributed by atoms with Gasteiger partial charge in [-0.1, -0.05) is 42.5 Å². The van der Waals surface area contributed by atoms with Crippen molar-refractivity contribution in [3.63, 3.8) is 0 Å². The number of carbonyl (C=O) groups is 1. The van der Waals surface area contributed by atoms with Crippen molar-refractivity contribution in [2.45, 2.75) is 6.04 Å². The van der Waals surface area contributed by atoms with E-state index < -0.39 is 11.9 Å². The quantitative estimate of drug-likeness (QED) is 0.881. The molecular weight excluding hydrogens is 319 g/mol. The number of hydrogen-bond donors (Lipinski definition) is 1. The smallest absolute Gasteiger partial charge is 0.243 e. The minimum atomic E-state index is -0.709. The summed E-state index contributed by atoms with van der Waals surface area (Å²) in [5.41, 5.74) is 6.71. The maximum Gasteiger partial charge on any atom is 0.243 e. The maximum atomic E-state index is 13.4. The van der Waals surface area contributed by atoms with Gasteiger partial charge in [-0.05, 0) is 17.7 Å². The second kappa shape index (κ2) is 9.12. The molecule has 124 valence electrons. The van der Waals surface area contributed by atoms with Crippen LogP contribution >= 0.6 is 12.4 Å². The normalized spacial score (nSPS) is 11.3. The summed E-state index contributed by atoms with van der Waals surface area (Å²) in [5.74, 6) is -0.448. The standard InChI is InChI=1S/C17H19FN2O2.ClH/c1-20(11-12-22-15-10-6-5-9-14(15)18)17(21)16(19)13-7-3-2-4-8-13;/h2-10,16H,11-12,19H2,1H3;1H. The molecule has 0 spiro atoms. The first kappa shape index (κ1) is 18.9. The van der Waals surface area contributed by atoms with E-state index >= 15 is 0 Å². The van der Waals surface area contributed by atoms with Gasteiger partial charge in [0.05, 0.1) is 6.54 Å². The van der Waals surface area contributed by atoms with Crippen LogP contribution in [0.25, 0.3) is 0 Å². The van der Waals surface area contributed by atoms with Crippen molar-refractivity contribution in [2.24, 2.45) is 5.73 Å². The Bertz CT molecular complexity index is 625. The fourth-order valence-corrected chi connectivity index (χ4v) is 2.00. The lowest BCUT2D eigenvalue weighted by molar-refractivity contribution is -0.131. The van der Waals surface area contributed by atoms with Crippen LogP contribution in [0.4, 0.5) is 4.39 Å². The van der Waals surface area contributed by atoms with Crippen LogP contribution in [0, 0.1) is 5.82 Å². The minimum Gasteiger partial charge on any atom is -0.489 e. The van der Waals surface area contributed by atoms with Crippen LogP contribution in [0.3, 0.4) is 0 Å². The molecule has 0 saturated carbocycles. The number of nitrogens with zero attached hydrogens (tertiary/aromatic N) is 1. The summed E-state index contributed by atoms with van der Waals surface area (Å²) in [5, 5.41) is 0. The number of halogens is 2. The Morgan fingerprint density at radius 3 is 2.43 bits per heavy atom. The minimum absolute atomic E-state index is 0. The molecule has 2 rings (SSSR count). The Kier molecular flexibility index (Phi) is 7.51. The first-order chi connectivity index (χ1) is 10.6. The molecule has 0 saturated heterocycles. The van der Waals surface area contributed by atoms with Crippen LogP contribution < -0.4 is 10.5 Å². The van der Waals surface area contributed by atoms with Crippen molar-refractivity contribution < 1.29 is 13.9 Å². The van der Waals surface area contributed by atoms with Crippen molar-refractivity contribution in [1.82, 2.24) is 4.90 Å². The molecule has 0 aliphatic rings. The summed E-state index contributed by atoms with van der Waals surface area (Å²) in [6, 6.07) is 14.6. The molecule has 4 nitrogen and oxygen atoms in total. The first-order valence-electron chi connectivity index (χ1n) is 7.02. The summed E-state index contributed by atoms with van der Waals surface area (Å²) >= 11 is 0. The molecule has 0 fully saturated rings. The first-order valence-corrected chi connectivity index (χ1v) is 7.02. The predicted octanol–water partition coefficient (Wildman–Crippen LogP) is 2.78. The highest BCUT2D eigenvalue weighted by molar-refractivity contribution is 5.85. The lowest BCUT2D eigenvalue weighted by Crippen LogP contribution is -2.38. The van der Waals surface area contributed by atoms with Gasteiger partial charge in [0.1, 0.15) is 12.6 Å². The summed E-state index contributed by atoms with van der Waals surface area (Å²) in [6.07, 6.45) is 0.